The Morgan fingerprint density at radius 1 is 0.867 bits per heavy atom. The Balaban J connectivity index is 2.11. The van der Waals surface area contributed by atoms with Gasteiger partial charge in [-0.3, -0.25) is 9.59 Å². The molecule has 158 valence electrons. The number of aryl methyl sites for hydroxylation is 1. The second-order valence-corrected chi connectivity index (χ2v) is 6.98. The van der Waals surface area contributed by atoms with Crippen LogP contribution >= 0.6 is 0 Å². The lowest BCUT2D eigenvalue weighted by molar-refractivity contribution is -0.120. The van der Waals surface area contributed by atoms with Gasteiger partial charge in [0.1, 0.15) is 11.5 Å². The number of hydrogen-bond acceptors (Lipinski definition) is 5. The Bertz CT molecular complexity index is 931. The first-order valence-electron chi connectivity index (χ1n) is 9.66. The zero-order chi connectivity index (χ0) is 21.7. The smallest absolute Gasteiger partial charge is 0.282 e. The molecular formula is C23H25FN2O4. The molecule has 0 radical (unpaired) electrons. The zero-order valence-electron chi connectivity index (χ0n) is 17.4. The molecule has 2 aromatic carbocycles. The minimum atomic E-state index is -0.450. The van der Waals surface area contributed by atoms with Crippen LogP contribution in [0.1, 0.15) is 11.1 Å². The summed E-state index contributed by atoms with van der Waals surface area (Å²) in [7, 11) is 3.16. The molecule has 0 unspecified atom stereocenters. The average Bonchev–Trinajstić information content (AvgIpc) is 3.00. The van der Waals surface area contributed by atoms with Crippen LogP contribution in [0.15, 0.2) is 54.2 Å². The average molecular weight is 412 g/mol. The van der Waals surface area contributed by atoms with Crippen molar-refractivity contribution in [2.24, 2.45) is 0 Å². The number of carbonyl (C=O) groups is 2. The SMILES string of the molecule is COCCN(CCOC)C1=C(c2ccc(C)cc2)C(=O)N(c2ccc(F)cc2)C1=O. The summed E-state index contributed by atoms with van der Waals surface area (Å²) in [6, 6.07) is 12.8. The molecule has 0 saturated carbocycles. The van der Waals surface area contributed by atoms with Crippen molar-refractivity contribution in [1.29, 1.82) is 0 Å². The number of methoxy groups -OCH3 is 2. The largest absolute Gasteiger partial charge is 0.383 e. The highest BCUT2D eigenvalue weighted by atomic mass is 19.1. The van der Waals surface area contributed by atoms with E-state index >= 15 is 0 Å². The quantitative estimate of drug-likeness (QED) is 0.593. The lowest BCUT2D eigenvalue weighted by atomic mass is 10.0. The summed E-state index contributed by atoms with van der Waals surface area (Å²) in [6.07, 6.45) is 0. The van der Waals surface area contributed by atoms with Crippen LogP contribution in [0.5, 0.6) is 0 Å². The molecule has 0 spiro atoms. The van der Waals surface area contributed by atoms with Gasteiger partial charge in [-0.1, -0.05) is 29.8 Å². The summed E-state index contributed by atoms with van der Waals surface area (Å²) in [6.45, 7) is 3.55. The van der Waals surface area contributed by atoms with Crippen LogP contribution in [0.4, 0.5) is 10.1 Å². The van der Waals surface area contributed by atoms with Gasteiger partial charge < -0.3 is 14.4 Å². The lowest BCUT2D eigenvalue weighted by Crippen LogP contribution is -2.37. The highest BCUT2D eigenvalue weighted by Gasteiger charge is 2.42. The van der Waals surface area contributed by atoms with Gasteiger partial charge >= 0.3 is 0 Å². The third-order valence-electron chi connectivity index (χ3n) is 4.93. The van der Waals surface area contributed by atoms with Crippen molar-refractivity contribution in [3.63, 3.8) is 0 Å². The molecule has 6 nitrogen and oxygen atoms in total. The van der Waals surface area contributed by atoms with Crippen LogP contribution in [0.25, 0.3) is 5.57 Å². The maximum atomic E-state index is 13.4. The molecule has 2 amide bonds. The minimum absolute atomic E-state index is 0.294. The number of imide groups is 1. The number of amides is 2. The molecule has 7 heteroatoms. The van der Waals surface area contributed by atoms with E-state index in [1.807, 2.05) is 36.1 Å². The molecule has 3 rings (SSSR count). The van der Waals surface area contributed by atoms with E-state index in [-0.39, 0.29) is 0 Å². The predicted molar refractivity (Wildman–Crippen MR) is 112 cm³/mol. The summed E-state index contributed by atoms with van der Waals surface area (Å²) in [5.74, 6) is -1.33. The highest BCUT2D eigenvalue weighted by molar-refractivity contribution is 6.45. The van der Waals surface area contributed by atoms with E-state index in [0.29, 0.717) is 48.8 Å². The normalized spacial score (nSPS) is 14.1. The number of ether oxygens (including phenoxy) is 2. The zero-order valence-corrected chi connectivity index (χ0v) is 17.4. The second-order valence-electron chi connectivity index (χ2n) is 6.98. The monoisotopic (exact) mass is 412 g/mol. The van der Waals surface area contributed by atoms with E-state index < -0.39 is 17.6 Å². The molecule has 1 aliphatic heterocycles. The molecule has 1 heterocycles. The number of hydrogen-bond donors (Lipinski definition) is 0. The fourth-order valence-electron chi connectivity index (χ4n) is 3.35. The Labute approximate surface area is 175 Å². The molecule has 0 bridgehead atoms. The Hall–Kier alpha value is -3.03. The number of nitrogens with zero attached hydrogens (tertiary/aromatic N) is 2. The van der Waals surface area contributed by atoms with Crippen molar-refractivity contribution in [1.82, 2.24) is 4.90 Å². The Morgan fingerprint density at radius 2 is 1.43 bits per heavy atom. The van der Waals surface area contributed by atoms with Gasteiger partial charge in [-0.15, -0.1) is 0 Å². The van der Waals surface area contributed by atoms with Crippen LogP contribution in [-0.4, -0.2) is 57.2 Å². The number of carbonyl (C=O) groups excluding carboxylic acids is 2. The van der Waals surface area contributed by atoms with Crippen LogP contribution in [0, 0.1) is 12.7 Å². The van der Waals surface area contributed by atoms with Gasteiger partial charge in [0.15, 0.2) is 0 Å². The van der Waals surface area contributed by atoms with Gasteiger partial charge in [0.05, 0.1) is 24.5 Å². The van der Waals surface area contributed by atoms with Crippen LogP contribution in [0.3, 0.4) is 0 Å². The van der Waals surface area contributed by atoms with Crippen LogP contribution < -0.4 is 4.90 Å². The topological polar surface area (TPSA) is 59.1 Å². The summed E-state index contributed by atoms with van der Waals surface area (Å²) >= 11 is 0. The van der Waals surface area contributed by atoms with E-state index in [9.17, 15) is 14.0 Å². The van der Waals surface area contributed by atoms with E-state index in [0.717, 1.165) is 10.5 Å². The summed E-state index contributed by atoms with van der Waals surface area (Å²) in [5.41, 5.74) is 2.63. The molecular weight excluding hydrogens is 387 g/mol. The number of halogens is 1. The van der Waals surface area contributed by atoms with Gasteiger partial charge in [-0.05, 0) is 36.8 Å². The number of benzene rings is 2. The molecule has 0 aliphatic carbocycles. The minimum Gasteiger partial charge on any atom is -0.383 e. The van der Waals surface area contributed by atoms with Crippen molar-refractivity contribution >= 4 is 23.1 Å². The first kappa shape index (κ1) is 21.7. The molecule has 30 heavy (non-hydrogen) atoms. The Kier molecular flexibility index (Phi) is 6.97. The van der Waals surface area contributed by atoms with Crippen LogP contribution in [-0.2, 0) is 19.1 Å². The van der Waals surface area contributed by atoms with Crippen molar-refractivity contribution in [3.8, 4) is 0 Å². The molecule has 1 aliphatic rings. The van der Waals surface area contributed by atoms with Crippen LogP contribution in [0.2, 0.25) is 0 Å². The number of anilines is 1. The first-order chi connectivity index (χ1) is 14.5. The van der Waals surface area contributed by atoms with Gasteiger partial charge in [-0.25, -0.2) is 9.29 Å². The van der Waals surface area contributed by atoms with E-state index in [4.69, 9.17) is 9.47 Å². The molecule has 0 saturated heterocycles. The lowest BCUT2D eigenvalue weighted by Gasteiger charge is -2.25. The maximum Gasteiger partial charge on any atom is 0.282 e. The summed E-state index contributed by atoms with van der Waals surface area (Å²) < 4.78 is 23.8. The molecule has 0 N–H and O–H groups in total. The van der Waals surface area contributed by atoms with Gasteiger partial charge in [0.25, 0.3) is 11.8 Å². The van der Waals surface area contributed by atoms with Crippen molar-refractivity contribution in [3.05, 3.63) is 71.2 Å². The van der Waals surface area contributed by atoms with E-state index in [1.54, 1.807) is 14.2 Å². The first-order valence-corrected chi connectivity index (χ1v) is 9.66. The van der Waals surface area contributed by atoms with Crippen molar-refractivity contribution in [2.45, 2.75) is 6.92 Å². The second kappa shape index (κ2) is 9.65. The van der Waals surface area contributed by atoms with E-state index in [2.05, 4.69) is 0 Å². The highest BCUT2D eigenvalue weighted by Crippen LogP contribution is 2.34. The summed E-state index contributed by atoms with van der Waals surface area (Å²) in [5, 5.41) is 0. The van der Waals surface area contributed by atoms with Gasteiger partial charge in [0, 0.05) is 27.3 Å². The van der Waals surface area contributed by atoms with Crippen molar-refractivity contribution in [2.75, 3.05) is 45.4 Å². The van der Waals surface area contributed by atoms with Gasteiger partial charge in [-0.2, -0.15) is 0 Å². The molecule has 0 atom stereocenters. The Morgan fingerprint density at radius 3 is 1.97 bits per heavy atom. The third kappa shape index (κ3) is 4.42. The maximum absolute atomic E-state index is 13.4. The molecule has 0 fully saturated rings. The fourth-order valence-corrected chi connectivity index (χ4v) is 3.35. The number of rotatable bonds is 9. The van der Waals surface area contributed by atoms with Crippen molar-refractivity contribution < 1.29 is 23.5 Å². The molecule has 0 aromatic heterocycles. The van der Waals surface area contributed by atoms with E-state index in [1.165, 1.54) is 24.3 Å². The predicted octanol–water partition coefficient (Wildman–Crippen LogP) is 3.01. The third-order valence-corrected chi connectivity index (χ3v) is 4.93. The van der Waals surface area contributed by atoms with Gasteiger partial charge in [0.2, 0.25) is 0 Å². The fraction of sp³-hybridized carbons (Fsp3) is 0.304. The standard InChI is InChI=1S/C23H25FN2O4/c1-16-4-6-17(7-5-16)20-21(25(12-14-29-2)13-15-30-3)23(28)26(22(20)27)19-10-8-18(24)9-11-19/h4-11H,12-15H2,1-3H3. The summed E-state index contributed by atoms with van der Waals surface area (Å²) in [4.78, 5) is 29.8. The molecule has 2 aromatic rings.